The van der Waals surface area contributed by atoms with Gasteiger partial charge in [-0.15, -0.1) is 0 Å². The van der Waals surface area contributed by atoms with E-state index in [1.165, 1.54) is 283 Å². The van der Waals surface area contributed by atoms with E-state index in [1.807, 2.05) is 0 Å². The molecule has 0 aliphatic rings. The molecule has 0 aliphatic heterocycles. The Morgan fingerprint density at radius 1 is 0.235 bits per heavy atom. The van der Waals surface area contributed by atoms with Gasteiger partial charge in [0.2, 0.25) is 0 Å². The summed E-state index contributed by atoms with van der Waals surface area (Å²) in [6.07, 6.45) is 70.7. The predicted molar refractivity (Wildman–Crippen MR) is 419 cm³/mol. The van der Waals surface area contributed by atoms with Gasteiger partial charge in [-0.05, 0) is 25.7 Å². The van der Waals surface area contributed by atoms with Gasteiger partial charge in [-0.25, -0.2) is 9.13 Å². The number of aliphatic hydroxyl groups is 1. The first-order valence-corrected chi connectivity index (χ1v) is 46.3. The summed E-state index contributed by atoms with van der Waals surface area (Å²) in [7, 11) is -9.92. The van der Waals surface area contributed by atoms with Crippen LogP contribution in [0.4, 0.5) is 0 Å². The van der Waals surface area contributed by atoms with Crippen LogP contribution in [0.25, 0.3) is 0 Å². The van der Waals surface area contributed by atoms with E-state index < -0.39 is 97.5 Å². The fourth-order valence-electron chi connectivity index (χ4n) is 13.0. The Morgan fingerprint density at radius 3 is 0.578 bits per heavy atom. The van der Waals surface area contributed by atoms with Crippen molar-refractivity contribution in [1.29, 1.82) is 0 Å². The number of phosphoric acid groups is 2. The van der Waals surface area contributed by atoms with Crippen molar-refractivity contribution in [3.05, 3.63) is 0 Å². The summed E-state index contributed by atoms with van der Waals surface area (Å²) >= 11 is 0. The van der Waals surface area contributed by atoms with Crippen LogP contribution in [-0.4, -0.2) is 96.7 Å². The van der Waals surface area contributed by atoms with Crippen molar-refractivity contribution in [2.24, 2.45) is 0 Å². The third kappa shape index (κ3) is 76.3. The number of phosphoric ester groups is 2. The van der Waals surface area contributed by atoms with Gasteiger partial charge in [-0.3, -0.25) is 37.3 Å². The molecule has 0 aromatic carbocycles. The van der Waals surface area contributed by atoms with Gasteiger partial charge >= 0.3 is 39.5 Å². The SMILES string of the molecule is CCCCCCCCCCCCCCCCCCCCCC(=O)O[C@H](COC(=O)CCCCCCCCCCCCCCCCCCC)COP(=O)(O)OC[C@@H](O)COP(=O)(O)OC[C@@H](COC(=O)CCCCCCCCCCCC)OC(=O)CCCCCCCCCCCCCCCCCC. The highest BCUT2D eigenvalue weighted by molar-refractivity contribution is 7.47. The molecule has 0 radical (unpaired) electrons. The van der Waals surface area contributed by atoms with Gasteiger partial charge in [0, 0.05) is 25.7 Å². The van der Waals surface area contributed by atoms with Crippen molar-refractivity contribution in [1.82, 2.24) is 0 Å². The van der Waals surface area contributed by atoms with Crippen LogP contribution >= 0.6 is 15.6 Å². The number of ether oxygens (including phenoxy) is 4. The normalized spacial score (nSPS) is 13.8. The molecule has 0 bridgehead atoms. The van der Waals surface area contributed by atoms with Crippen LogP contribution in [0, 0.1) is 0 Å². The van der Waals surface area contributed by atoms with Crippen molar-refractivity contribution in [3.8, 4) is 0 Å². The molecule has 606 valence electrons. The summed E-state index contributed by atoms with van der Waals surface area (Å²) in [6.45, 7) is 5.04. The minimum Gasteiger partial charge on any atom is -0.462 e. The lowest BCUT2D eigenvalue weighted by atomic mass is 10.0. The van der Waals surface area contributed by atoms with E-state index in [0.29, 0.717) is 25.7 Å². The van der Waals surface area contributed by atoms with E-state index in [1.54, 1.807) is 0 Å². The van der Waals surface area contributed by atoms with Crippen molar-refractivity contribution in [2.45, 2.75) is 470 Å². The second-order valence-corrected chi connectivity index (χ2v) is 32.8. The molecule has 0 amide bonds. The maximum absolute atomic E-state index is 13.1. The smallest absolute Gasteiger partial charge is 0.462 e. The second kappa shape index (κ2) is 77.2. The summed E-state index contributed by atoms with van der Waals surface area (Å²) in [6, 6.07) is 0. The number of carbonyl (C=O) groups excluding carboxylic acids is 4. The van der Waals surface area contributed by atoms with Gasteiger partial charge in [0.1, 0.15) is 19.3 Å². The number of esters is 4. The molecule has 0 spiro atoms. The number of unbranched alkanes of at least 4 members (excludes halogenated alkanes) is 58. The third-order valence-electron chi connectivity index (χ3n) is 19.6. The first-order valence-electron chi connectivity index (χ1n) is 43.3. The molecule has 0 aromatic rings. The van der Waals surface area contributed by atoms with Crippen LogP contribution < -0.4 is 0 Å². The van der Waals surface area contributed by atoms with Crippen LogP contribution in [0.3, 0.4) is 0 Å². The molecule has 0 heterocycles. The Balaban J connectivity index is 5.23. The average molecular weight is 1490 g/mol. The van der Waals surface area contributed by atoms with Crippen molar-refractivity contribution < 1.29 is 80.2 Å². The maximum atomic E-state index is 13.1. The number of aliphatic hydroxyl groups excluding tert-OH is 1. The van der Waals surface area contributed by atoms with E-state index in [-0.39, 0.29) is 25.7 Å². The standard InChI is InChI=1S/C83H162O17P2/c1-5-9-13-17-21-25-29-32-35-38-39-41-44-47-50-54-58-62-66-70-83(88)100-79(74-94-81(86)68-64-60-56-52-48-45-43-40-36-33-30-26-22-18-14-10-6-2)76-98-102(91,92)96-72-77(84)71-95-101(89,90)97-75-78(73-93-80(85)67-63-59-55-51-28-24-20-16-12-8-4)99-82(87)69-65-61-57-53-49-46-42-37-34-31-27-23-19-15-11-7-3/h77-79,84H,5-76H2,1-4H3,(H,89,90)(H,91,92)/t77-,78+,79+/m0/s1. The van der Waals surface area contributed by atoms with Crippen molar-refractivity contribution >= 4 is 39.5 Å². The van der Waals surface area contributed by atoms with Gasteiger partial charge in [-0.2, -0.15) is 0 Å². The molecular weight excluding hydrogens is 1330 g/mol. The van der Waals surface area contributed by atoms with E-state index in [9.17, 15) is 43.2 Å². The highest BCUT2D eigenvalue weighted by atomic mass is 31.2. The van der Waals surface area contributed by atoms with Crippen LogP contribution in [0.5, 0.6) is 0 Å². The number of hydrogen-bond acceptors (Lipinski definition) is 15. The van der Waals surface area contributed by atoms with E-state index >= 15 is 0 Å². The molecule has 0 rings (SSSR count). The Bertz CT molecular complexity index is 1930. The van der Waals surface area contributed by atoms with E-state index in [2.05, 4.69) is 27.7 Å². The molecule has 0 saturated heterocycles. The lowest BCUT2D eigenvalue weighted by Gasteiger charge is -2.21. The largest absolute Gasteiger partial charge is 0.472 e. The van der Waals surface area contributed by atoms with Gasteiger partial charge < -0.3 is 33.8 Å². The first-order chi connectivity index (χ1) is 49.7. The molecule has 19 heteroatoms. The van der Waals surface area contributed by atoms with Crippen molar-refractivity contribution in [3.63, 3.8) is 0 Å². The Labute approximate surface area is 626 Å². The van der Waals surface area contributed by atoms with Gasteiger partial charge in [-0.1, -0.05) is 400 Å². The minimum absolute atomic E-state index is 0.109. The highest BCUT2D eigenvalue weighted by Crippen LogP contribution is 2.45. The molecule has 5 atom stereocenters. The number of hydrogen-bond donors (Lipinski definition) is 3. The maximum Gasteiger partial charge on any atom is 0.472 e. The minimum atomic E-state index is -4.96. The highest BCUT2D eigenvalue weighted by Gasteiger charge is 2.30. The Morgan fingerprint density at radius 2 is 0.392 bits per heavy atom. The van der Waals surface area contributed by atoms with Crippen LogP contribution in [-0.2, 0) is 65.4 Å². The predicted octanol–water partition coefficient (Wildman–Crippen LogP) is 25.4. The summed E-state index contributed by atoms with van der Waals surface area (Å²) < 4.78 is 68.8. The molecule has 0 aromatic heterocycles. The van der Waals surface area contributed by atoms with Crippen LogP contribution in [0.2, 0.25) is 0 Å². The second-order valence-electron chi connectivity index (χ2n) is 29.9. The van der Waals surface area contributed by atoms with E-state index in [4.69, 9.17) is 37.0 Å². The number of carbonyl (C=O) groups is 4. The van der Waals surface area contributed by atoms with Gasteiger partial charge in [0.15, 0.2) is 12.2 Å². The lowest BCUT2D eigenvalue weighted by Crippen LogP contribution is -2.30. The topological polar surface area (TPSA) is 237 Å². The van der Waals surface area contributed by atoms with Crippen molar-refractivity contribution in [2.75, 3.05) is 39.6 Å². The molecule has 3 N–H and O–H groups in total. The molecule has 17 nitrogen and oxygen atoms in total. The molecule has 0 aliphatic carbocycles. The zero-order valence-electron chi connectivity index (χ0n) is 66.6. The zero-order chi connectivity index (χ0) is 74.6. The summed E-state index contributed by atoms with van der Waals surface area (Å²) in [5, 5.41) is 10.7. The molecule has 0 saturated carbocycles. The lowest BCUT2D eigenvalue weighted by molar-refractivity contribution is -0.161. The summed E-state index contributed by atoms with van der Waals surface area (Å²) in [5.74, 6) is -2.10. The number of rotatable bonds is 84. The quantitative estimate of drug-likeness (QED) is 0.0222. The van der Waals surface area contributed by atoms with Crippen LogP contribution in [0.1, 0.15) is 451 Å². The monoisotopic (exact) mass is 1490 g/mol. The summed E-state index contributed by atoms with van der Waals surface area (Å²) in [4.78, 5) is 73.1. The van der Waals surface area contributed by atoms with Crippen LogP contribution in [0.15, 0.2) is 0 Å². The zero-order valence-corrected chi connectivity index (χ0v) is 68.4. The first kappa shape index (κ1) is 100. The van der Waals surface area contributed by atoms with E-state index in [0.717, 1.165) is 89.9 Å². The molecule has 0 fully saturated rings. The molecule has 102 heavy (non-hydrogen) atoms. The van der Waals surface area contributed by atoms with Gasteiger partial charge in [0.25, 0.3) is 0 Å². The molecular formula is C83H162O17P2. The Kier molecular flexibility index (Phi) is 75.8. The fraction of sp³-hybridized carbons (Fsp3) is 0.952. The molecule has 2 unspecified atom stereocenters. The average Bonchev–Trinajstić information content (AvgIpc) is 0.922. The van der Waals surface area contributed by atoms with Gasteiger partial charge in [0.05, 0.1) is 26.4 Å². The third-order valence-corrected chi connectivity index (χ3v) is 21.5. The summed E-state index contributed by atoms with van der Waals surface area (Å²) in [5.41, 5.74) is 0. The Hall–Kier alpha value is -1.94. The fourth-order valence-corrected chi connectivity index (χ4v) is 14.6.